The van der Waals surface area contributed by atoms with Gasteiger partial charge in [0.25, 0.3) is 5.91 Å². The minimum atomic E-state index is -0.120. The summed E-state index contributed by atoms with van der Waals surface area (Å²) in [6, 6.07) is 7.70. The first-order chi connectivity index (χ1) is 7.09. The zero-order chi connectivity index (χ0) is 11.3. The van der Waals surface area contributed by atoms with E-state index < -0.39 is 0 Å². The van der Waals surface area contributed by atoms with Crippen LogP contribution in [0.3, 0.4) is 0 Å². The lowest BCUT2D eigenvalue weighted by molar-refractivity contribution is -0.123. The molecule has 0 aliphatic carbocycles. The maximum Gasteiger partial charge on any atom is 0.255 e. The Morgan fingerprint density at radius 2 is 1.93 bits per heavy atom. The smallest absolute Gasteiger partial charge is 0.255 e. The van der Waals surface area contributed by atoms with Gasteiger partial charge in [0.2, 0.25) is 0 Å². The van der Waals surface area contributed by atoms with Crippen molar-refractivity contribution in [2.75, 3.05) is 14.1 Å². The summed E-state index contributed by atoms with van der Waals surface area (Å²) >= 11 is 0. The second-order valence-corrected chi connectivity index (χ2v) is 3.45. The third kappa shape index (κ3) is 3.79. The van der Waals surface area contributed by atoms with Crippen molar-refractivity contribution < 1.29 is 4.79 Å². The van der Waals surface area contributed by atoms with E-state index in [2.05, 4.69) is 10.9 Å². The Balaban J connectivity index is 2.73. The van der Waals surface area contributed by atoms with Gasteiger partial charge in [-0.3, -0.25) is 4.79 Å². The predicted molar refractivity (Wildman–Crippen MR) is 61.5 cm³/mol. The summed E-state index contributed by atoms with van der Waals surface area (Å²) in [4.78, 5) is 16.6. The van der Waals surface area contributed by atoms with Gasteiger partial charge in [-0.1, -0.05) is 17.7 Å². The molecule has 1 rings (SSSR count). The second kappa shape index (κ2) is 5.13. The Bertz CT molecular complexity index is 398. The highest BCUT2D eigenvalue weighted by atomic mass is 16.2. The van der Waals surface area contributed by atoms with E-state index in [9.17, 15) is 4.79 Å². The maximum atomic E-state index is 11.1. The minimum Gasteiger partial charge on any atom is -0.345 e. The molecule has 1 amide bonds. The van der Waals surface area contributed by atoms with Crippen LogP contribution in [0.4, 0.5) is 5.69 Å². The van der Waals surface area contributed by atoms with Gasteiger partial charge < -0.3 is 4.90 Å². The number of likely N-dealkylation sites (N-methyl/N-ethyl adjacent to an activating group) is 1. The summed E-state index contributed by atoms with van der Waals surface area (Å²) in [6.07, 6.45) is 1.32. The normalized spacial score (nSPS) is 9.00. The Labute approximate surface area is 89.7 Å². The van der Waals surface area contributed by atoms with Gasteiger partial charge in [-0.05, 0) is 24.9 Å². The van der Waals surface area contributed by atoms with Gasteiger partial charge in [0.05, 0.1) is 11.8 Å². The highest BCUT2D eigenvalue weighted by Crippen LogP contribution is 2.10. The number of benzene rings is 1. The number of aliphatic imine (C=N–C) groups is 1. The summed E-state index contributed by atoms with van der Waals surface area (Å²) in [5.41, 5.74) is 1.98. The zero-order valence-electron chi connectivity index (χ0n) is 9.19. The Kier molecular flexibility index (Phi) is 3.83. The van der Waals surface area contributed by atoms with Crippen molar-refractivity contribution in [2.45, 2.75) is 6.92 Å². The lowest BCUT2D eigenvalue weighted by atomic mass is 10.2. The van der Waals surface area contributed by atoms with Gasteiger partial charge in [-0.25, -0.2) is 4.99 Å². The molecule has 3 nitrogen and oxygen atoms in total. The topological polar surface area (TPSA) is 32.7 Å². The predicted octanol–water partition coefficient (Wildman–Crippen LogP) is 1.94. The van der Waals surface area contributed by atoms with Crippen molar-refractivity contribution in [3.8, 4) is 0 Å². The van der Waals surface area contributed by atoms with E-state index in [0.717, 1.165) is 5.69 Å². The van der Waals surface area contributed by atoms with E-state index in [4.69, 9.17) is 0 Å². The fraction of sp³-hybridized carbons (Fsp3) is 0.250. The molecule has 15 heavy (non-hydrogen) atoms. The highest BCUT2D eigenvalue weighted by Gasteiger charge is 1.94. The van der Waals surface area contributed by atoms with Crippen molar-refractivity contribution >= 4 is 17.5 Å². The van der Waals surface area contributed by atoms with E-state index in [1.807, 2.05) is 31.2 Å². The summed E-state index contributed by atoms with van der Waals surface area (Å²) in [5.74, 6) is 2.49. The van der Waals surface area contributed by atoms with Crippen molar-refractivity contribution in [1.82, 2.24) is 4.90 Å². The van der Waals surface area contributed by atoms with Gasteiger partial charge in [0.15, 0.2) is 0 Å². The summed E-state index contributed by atoms with van der Waals surface area (Å²) in [6.45, 7) is 2.01. The number of hydrogen-bond acceptors (Lipinski definition) is 2. The van der Waals surface area contributed by atoms with E-state index in [-0.39, 0.29) is 5.91 Å². The van der Waals surface area contributed by atoms with E-state index in [1.54, 1.807) is 14.1 Å². The Morgan fingerprint density at radius 1 is 1.33 bits per heavy atom. The van der Waals surface area contributed by atoms with Crippen LogP contribution in [0.15, 0.2) is 35.3 Å². The lowest BCUT2D eigenvalue weighted by Gasteiger charge is -2.03. The van der Waals surface area contributed by atoms with Crippen LogP contribution in [-0.2, 0) is 4.79 Å². The van der Waals surface area contributed by atoms with E-state index in [0.29, 0.717) is 0 Å². The van der Waals surface area contributed by atoms with Crippen LogP contribution in [0.2, 0.25) is 0 Å². The van der Waals surface area contributed by atoms with E-state index in [1.165, 1.54) is 16.5 Å². The molecule has 0 unspecified atom stereocenters. The quantitative estimate of drug-likeness (QED) is 0.533. The fourth-order valence-corrected chi connectivity index (χ4v) is 0.910. The number of carbonyl (C=O) groups excluding carboxylic acids is 1. The molecule has 0 aliphatic rings. The average molecular weight is 202 g/mol. The van der Waals surface area contributed by atoms with E-state index >= 15 is 0 Å². The van der Waals surface area contributed by atoms with Crippen molar-refractivity contribution in [1.29, 1.82) is 0 Å². The number of amides is 1. The molecular formula is C12H14N2O. The van der Waals surface area contributed by atoms with Crippen LogP contribution in [0.1, 0.15) is 5.56 Å². The van der Waals surface area contributed by atoms with Crippen LogP contribution < -0.4 is 0 Å². The average Bonchev–Trinajstić information content (AvgIpc) is 2.20. The van der Waals surface area contributed by atoms with Gasteiger partial charge in [0.1, 0.15) is 0 Å². The standard InChI is InChI=1S/C12H14N2O/c1-10-4-6-11(7-5-10)13-9-8-12(15)14(2)3/h4-8H,1-3H3. The molecular weight excluding hydrogens is 188 g/mol. The molecule has 78 valence electrons. The molecule has 0 bridgehead atoms. The molecule has 0 fully saturated rings. The highest BCUT2D eigenvalue weighted by molar-refractivity contribution is 5.95. The largest absolute Gasteiger partial charge is 0.345 e. The first-order valence-electron chi connectivity index (χ1n) is 4.67. The molecule has 0 aliphatic heterocycles. The molecule has 0 radical (unpaired) electrons. The van der Waals surface area contributed by atoms with Gasteiger partial charge >= 0.3 is 0 Å². The van der Waals surface area contributed by atoms with Gasteiger partial charge in [0, 0.05) is 14.1 Å². The number of aryl methyl sites for hydroxylation is 1. The SMILES string of the molecule is Cc1ccc(N=C=CC(=O)N(C)C)cc1. The first kappa shape index (κ1) is 11.2. The first-order valence-corrected chi connectivity index (χ1v) is 4.67. The zero-order valence-corrected chi connectivity index (χ0v) is 9.19. The molecule has 1 aromatic rings. The van der Waals surface area contributed by atoms with Gasteiger partial charge in [-0.15, -0.1) is 0 Å². The molecule has 0 spiro atoms. The number of nitrogens with zero attached hydrogens (tertiary/aromatic N) is 2. The van der Waals surface area contributed by atoms with Crippen LogP contribution in [0, 0.1) is 6.92 Å². The van der Waals surface area contributed by atoms with Crippen molar-refractivity contribution in [3.05, 3.63) is 35.9 Å². The summed E-state index contributed by atoms with van der Waals surface area (Å²) in [7, 11) is 3.37. The van der Waals surface area contributed by atoms with Crippen molar-refractivity contribution in [3.63, 3.8) is 0 Å². The molecule has 0 atom stereocenters. The van der Waals surface area contributed by atoms with Crippen LogP contribution in [-0.4, -0.2) is 30.8 Å². The third-order valence-electron chi connectivity index (χ3n) is 1.86. The fourth-order valence-electron chi connectivity index (χ4n) is 0.910. The molecule has 1 aromatic carbocycles. The Morgan fingerprint density at radius 3 is 2.47 bits per heavy atom. The lowest BCUT2D eigenvalue weighted by Crippen LogP contribution is -2.18. The van der Waals surface area contributed by atoms with Crippen molar-refractivity contribution in [2.24, 2.45) is 4.99 Å². The maximum absolute atomic E-state index is 11.1. The number of hydrogen-bond donors (Lipinski definition) is 0. The molecule has 0 saturated heterocycles. The summed E-state index contributed by atoms with van der Waals surface area (Å²) in [5, 5.41) is 0. The van der Waals surface area contributed by atoms with Crippen LogP contribution in [0.25, 0.3) is 0 Å². The molecule has 0 N–H and O–H groups in total. The monoisotopic (exact) mass is 202 g/mol. The van der Waals surface area contributed by atoms with Gasteiger partial charge in [-0.2, -0.15) is 0 Å². The van der Waals surface area contributed by atoms with Crippen LogP contribution in [0.5, 0.6) is 0 Å². The minimum absolute atomic E-state index is 0.120. The third-order valence-corrected chi connectivity index (χ3v) is 1.86. The second-order valence-electron chi connectivity index (χ2n) is 3.45. The molecule has 3 heteroatoms. The Hall–Kier alpha value is -1.86. The summed E-state index contributed by atoms with van der Waals surface area (Å²) < 4.78 is 0. The molecule has 0 aromatic heterocycles. The van der Waals surface area contributed by atoms with Crippen LogP contribution >= 0.6 is 0 Å². The number of rotatable bonds is 2. The molecule has 0 heterocycles. The molecule has 0 saturated carbocycles. The number of carbonyl (C=O) groups is 1.